The lowest BCUT2D eigenvalue weighted by Gasteiger charge is -2.16. The number of carbonyl (C=O) groups is 2. The van der Waals surface area contributed by atoms with Gasteiger partial charge in [0.25, 0.3) is 5.91 Å². The molecule has 1 aromatic heterocycles. The van der Waals surface area contributed by atoms with Crippen LogP contribution in [0.2, 0.25) is 0 Å². The summed E-state index contributed by atoms with van der Waals surface area (Å²) in [5, 5.41) is 16.6. The number of nitrogens with zero attached hydrogens (tertiary/aromatic N) is 2. The Labute approximate surface area is 159 Å². The minimum atomic E-state index is -0.873. The van der Waals surface area contributed by atoms with E-state index in [1.54, 1.807) is 6.20 Å². The van der Waals surface area contributed by atoms with Gasteiger partial charge in [-0.1, -0.05) is 56.5 Å². The topological polar surface area (TPSA) is 84.2 Å². The Balaban J connectivity index is 1.86. The summed E-state index contributed by atoms with van der Waals surface area (Å²) in [6, 6.07) is 10.1. The maximum atomic E-state index is 12.8. The zero-order chi connectivity index (χ0) is 19.2. The third-order valence-corrected chi connectivity index (χ3v) is 5.25. The summed E-state index contributed by atoms with van der Waals surface area (Å²) in [6.45, 7) is 2.07. The van der Waals surface area contributed by atoms with Gasteiger partial charge in [-0.15, -0.1) is 0 Å². The molecule has 2 aromatic rings. The lowest BCUT2D eigenvalue weighted by Crippen LogP contribution is -2.33. The summed E-state index contributed by atoms with van der Waals surface area (Å²) in [7, 11) is 0. The smallest absolute Gasteiger partial charge is 0.308 e. The Morgan fingerprint density at radius 3 is 2.59 bits per heavy atom. The summed E-state index contributed by atoms with van der Waals surface area (Å²) in [5.74, 6) is -1.70. The van der Waals surface area contributed by atoms with Gasteiger partial charge in [0.1, 0.15) is 0 Å². The van der Waals surface area contributed by atoms with E-state index >= 15 is 0 Å². The average Bonchev–Trinajstić information content (AvgIpc) is 3.34. The van der Waals surface area contributed by atoms with Crippen molar-refractivity contribution in [2.75, 3.05) is 6.54 Å². The van der Waals surface area contributed by atoms with Crippen LogP contribution in [0.5, 0.6) is 0 Å². The predicted octanol–water partition coefficient (Wildman–Crippen LogP) is 3.90. The van der Waals surface area contributed by atoms with Crippen LogP contribution in [0, 0.1) is 5.92 Å². The molecule has 1 heterocycles. The fourth-order valence-corrected chi connectivity index (χ4v) is 3.81. The Kier molecular flexibility index (Phi) is 6.27. The highest BCUT2D eigenvalue weighted by Crippen LogP contribution is 2.34. The first-order chi connectivity index (χ1) is 13.1. The van der Waals surface area contributed by atoms with Crippen molar-refractivity contribution in [3.8, 4) is 11.3 Å². The lowest BCUT2D eigenvalue weighted by atomic mass is 10.0. The first-order valence-corrected chi connectivity index (χ1v) is 9.75. The number of carboxylic acids is 1. The van der Waals surface area contributed by atoms with E-state index in [2.05, 4.69) is 10.4 Å². The molecule has 2 N–H and O–H groups in total. The Morgan fingerprint density at radius 1 is 1.26 bits per heavy atom. The lowest BCUT2D eigenvalue weighted by molar-refractivity contribution is -0.141. The standard InChI is InChI=1S/C21H27N3O3/c1-2-8-16(21(26)27)13-22-20(25)18-14-23-24(17-11-6-7-12-17)19(18)15-9-4-3-5-10-15/h3-5,9-10,14,16-17H,2,6-8,11-13H2,1H3,(H,22,25)(H,26,27). The van der Waals surface area contributed by atoms with Gasteiger partial charge >= 0.3 is 5.97 Å². The fourth-order valence-electron chi connectivity index (χ4n) is 3.81. The maximum Gasteiger partial charge on any atom is 0.308 e. The highest BCUT2D eigenvalue weighted by molar-refractivity contribution is 6.00. The number of hydrogen-bond donors (Lipinski definition) is 2. The molecular weight excluding hydrogens is 342 g/mol. The Bertz CT molecular complexity index is 779. The highest BCUT2D eigenvalue weighted by Gasteiger charge is 2.26. The minimum absolute atomic E-state index is 0.130. The van der Waals surface area contributed by atoms with Gasteiger partial charge in [-0.3, -0.25) is 14.3 Å². The fraction of sp³-hybridized carbons (Fsp3) is 0.476. The molecule has 1 atom stereocenters. The first-order valence-electron chi connectivity index (χ1n) is 9.75. The largest absolute Gasteiger partial charge is 0.481 e. The van der Waals surface area contributed by atoms with Crippen molar-refractivity contribution in [2.24, 2.45) is 5.92 Å². The molecular formula is C21H27N3O3. The van der Waals surface area contributed by atoms with Gasteiger partial charge in [-0.05, 0) is 19.3 Å². The molecule has 0 bridgehead atoms. The van der Waals surface area contributed by atoms with Crippen LogP contribution in [0.25, 0.3) is 11.3 Å². The number of rotatable bonds is 8. The summed E-state index contributed by atoms with van der Waals surface area (Å²) in [5.41, 5.74) is 2.28. The normalized spacial score (nSPS) is 15.6. The number of carboxylic acid groups (broad SMARTS) is 1. The summed E-state index contributed by atoms with van der Waals surface area (Å²) in [4.78, 5) is 24.2. The van der Waals surface area contributed by atoms with Crippen LogP contribution in [0.3, 0.4) is 0 Å². The maximum absolute atomic E-state index is 12.8. The molecule has 1 aliphatic rings. The number of hydrogen-bond acceptors (Lipinski definition) is 3. The van der Waals surface area contributed by atoms with Gasteiger partial charge in [-0.2, -0.15) is 5.10 Å². The molecule has 0 aliphatic heterocycles. The molecule has 0 saturated heterocycles. The zero-order valence-corrected chi connectivity index (χ0v) is 15.7. The molecule has 1 amide bonds. The van der Waals surface area contributed by atoms with Gasteiger partial charge in [0.2, 0.25) is 0 Å². The van der Waals surface area contributed by atoms with E-state index in [0.29, 0.717) is 18.0 Å². The molecule has 0 spiro atoms. The van der Waals surface area contributed by atoms with E-state index in [0.717, 1.165) is 30.5 Å². The van der Waals surface area contributed by atoms with Crippen molar-refractivity contribution in [2.45, 2.75) is 51.5 Å². The number of aliphatic carboxylic acids is 1. The number of aromatic nitrogens is 2. The van der Waals surface area contributed by atoms with Crippen LogP contribution in [-0.4, -0.2) is 33.3 Å². The quantitative estimate of drug-likeness (QED) is 0.739. The van der Waals surface area contributed by atoms with Crippen LogP contribution in [-0.2, 0) is 4.79 Å². The van der Waals surface area contributed by atoms with Crippen LogP contribution >= 0.6 is 0 Å². The van der Waals surface area contributed by atoms with Crippen LogP contribution in [0.15, 0.2) is 36.5 Å². The summed E-state index contributed by atoms with van der Waals surface area (Å²) >= 11 is 0. The van der Waals surface area contributed by atoms with Crippen molar-refractivity contribution in [3.63, 3.8) is 0 Å². The van der Waals surface area contributed by atoms with Crippen molar-refractivity contribution in [3.05, 3.63) is 42.1 Å². The number of amides is 1. The van der Waals surface area contributed by atoms with E-state index in [1.165, 1.54) is 12.8 Å². The third-order valence-electron chi connectivity index (χ3n) is 5.25. The van der Waals surface area contributed by atoms with Crippen molar-refractivity contribution in [1.82, 2.24) is 15.1 Å². The van der Waals surface area contributed by atoms with E-state index in [4.69, 9.17) is 0 Å². The number of nitrogens with one attached hydrogen (secondary N) is 1. The van der Waals surface area contributed by atoms with Crippen LogP contribution < -0.4 is 5.32 Å². The van der Waals surface area contributed by atoms with Gasteiger partial charge in [0, 0.05) is 12.1 Å². The molecule has 3 rings (SSSR count). The molecule has 27 heavy (non-hydrogen) atoms. The predicted molar refractivity (Wildman–Crippen MR) is 104 cm³/mol. The van der Waals surface area contributed by atoms with Crippen molar-refractivity contribution >= 4 is 11.9 Å². The highest BCUT2D eigenvalue weighted by atomic mass is 16.4. The summed E-state index contributed by atoms with van der Waals surface area (Å²) in [6.07, 6.45) is 7.42. The van der Waals surface area contributed by atoms with Crippen LogP contribution in [0.4, 0.5) is 0 Å². The zero-order valence-electron chi connectivity index (χ0n) is 15.7. The molecule has 0 radical (unpaired) electrons. The number of carbonyl (C=O) groups excluding carboxylic acids is 1. The molecule has 1 saturated carbocycles. The average molecular weight is 369 g/mol. The molecule has 1 aliphatic carbocycles. The monoisotopic (exact) mass is 369 g/mol. The van der Waals surface area contributed by atoms with Gasteiger partial charge in [-0.25, -0.2) is 0 Å². The third kappa shape index (κ3) is 4.38. The second kappa shape index (κ2) is 8.84. The Morgan fingerprint density at radius 2 is 1.96 bits per heavy atom. The van der Waals surface area contributed by atoms with Gasteiger partial charge < -0.3 is 10.4 Å². The molecule has 6 heteroatoms. The van der Waals surface area contributed by atoms with Crippen molar-refractivity contribution < 1.29 is 14.7 Å². The Hall–Kier alpha value is -2.63. The molecule has 144 valence electrons. The summed E-state index contributed by atoms with van der Waals surface area (Å²) < 4.78 is 1.98. The SMILES string of the molecule is CCCC(CNC(=O)c1cnn(C2CCCC2)c1-c1ccccc1)C(=O)O. The van der Waals surface area contributed by atoms with Gasteiger partial charge in [0.15, 0.2) is 0 Å². The second-order valence-corrected chi connectivity index (χ2v) is 7.19. The minimum Gasteiger partial charge on any atom is -0.481 e. The van der Waals surface area contributed by atoms with E-state index < -0.39 is 11.9 Å². The van der Waals surface area contributed by atoms with Crippen molar-refractivity contribution in [1.29, 1.82) is 0 Å². The molecule has 6 nitrogen and oxygen atoms in total. The molecule has 1 aromatic carbocycles. The van der Waals surface area contributed by atoms with E-state index in [9.17, 15) is 14.7 Å². The van der Waals surface area contributed by atoms with E-state index in [-0.39, 0.29) is 12.5 Å². The first kappa shape index (κ1) is 19.1. The molecule has 1 fully saturated rings. The van der Waals surface area contributed by atoms with E-state index in [1.807, 2.05) is 41.9 Å². The van der Waals surface area contributed by atoms with Crippen LogP contribution in [0.1, 0.15) is 61.8 Å². The van der Waals surface area contributed by atoms with Gasteiger partial charge in [0.05, 0.1) is 29.4 Å². The second-order valence-electron chi connectivity index (χ2n) is 7.19. The molecule has 1 unspecified atom stereocenters. The number of benzene rings is 1.